The number of hydrogen-bond donors (Lipinski definition) is 2. The van der Waals surface area contributed by atoms with Crippen LogP contribution in [0.1, 0.15) is 18.0 Å². The third-order valence-corrected chi connectivity index (χ3v) is 4.98. The molecule has 3 aromatic rings. The number of ether oxygens (including phenoxy) is 2. The number of hydrogen-bond acceptors (Lipinski definition) is 4. The number of carbonyl (C=O) groups excluding carboxylic acids is 1. The number of pyridine rings is 1. The van der Waals surface area contributed by atoms with E-state index in [1.165, 1.54) is 22.8 Å². The lowest BCUT2D eigenvalue weighted by molar-refractivity contribution is -0.274. The maximum absolute atomic E-state index is 12.6. The molecule has 0 unspecified atom stereocenters. The lowest BCUT2D eigenvalue weighted by Crippen LogP contribution is -2.35. The summed E-state index contributed by atoms with van der Waals surface area (Å²) in [6, 6.07) is 11.1. The number of halogens is 3. The summed E-state index contributed by atoms with van der Waals surface area (Å²) in [4.78, 5) is 24.5. The van der Waals surface area contributed by atoms with Gasteiger partial charge >= 0.3 is 12.4 Å². The van der Waals surface area contributed by atoms with E-state index in [9.17, 15) is 22.8 Å². The van der Waals surface area contributed by atoms with Crippen molar-refractivity contribution < 1.29 is 27.4 Å². The Bertz CT molecular complexity index is 1210. The zero-order chi connectivity index (χ0) is 22.2. The van der Waals surface area contributed by atoms with Gasteiger partial charge in [-0.15, -0.1) is 13.2 Å². The van der Waals surface area contributed by atoms with E-state index in [1.807, 2.05) is 0 Å². The quantitative estimate of drug-likeness (QED) is 0.652. The molecule has 7 nitrogen and oxygen atoms in total. The third kappa shape index (κ3) is 4.42. The first-order valence-corrected chi connectivity index (χ1v) is 9.40. The van der Waals surface area contributed by atoms with Crippen molar-refractivity contribution in [3.8, 4) is 11.5 Å². The monoisotopic (exact) mass is 433 g/mol. The van der Waals surface area contributed by atoms with Crippen LogP contribution >= 0.6 is 0 Å². The minimum Gasteiger partial charge on any atom is -0.493 e. The first-order chi connectivity index (χ1) is 14.7. The number of carbonyl (C=O) groups is 1. The predicted molar refractivity (Wildman–Crippen MR) is 107 cm³/mol. The van der Waals surface area contributed by atoms with Crippen molar-refractivity contribution in [2.45, 2.75) is 18.8 Å². The molecule has 0 saturated heterocycles. The van der Waals surface area contributed by atoms with Gasteiger partial charge in [0.05, 0.1) is 23.9 Å². The van der Waals surface area contributed by atoms with Gasteiger partial charge < -0.3 is 24.7 Å². The fraction of sp³-hybridized carbons (Fsp3) is 0.238. The second-order valence-corrected chi connectivity index (χ2v) is 7.00. The predicted octanol–water partition coefficient (Wildman–Crippen LogP) is 4.08. The minimum absolute atomic E-state index is 0.165. The number of amides is 2. The zero-order valence-electron chi connectivity index (χ0n) is 16.3. The van der Waals surface area contributed by atoms with E-state index < -0.39 is 24.2 Å². The number of fused-ring (bicyclic) bond motifs is 2. The molecule has 1 aromatic heterocycles. The second-order valence-electron chi connectivity index (χ2n) is 7.00. The Hall–Kier alpha value is -3.69. The Balaban J connectivity index is 1.52. The first kappa shape index (κ1) is 20.6. The normalized spacial score (nSPS) is 15.7. The van der Waals surface area contributed by atoms with E-state index in [2.05, 4.69) is 15.4 Å². The van der Waals surface area contributed by atoms with Gasteiger partial charge in [-0.3, -0.25) is 4.79 Å². The summed E-state index contributed by atoms with van der Waals surface area (Å²) >= 11 is 0. The number of rotatable bonds is 3. The van der Waals surface area contributed by atoms with Crippen LogP contribution in [0.2, 0.25) is 0 Å². The molecule has 0 radical (unpaired) electrons. The van der Waals surface area contributed by atoms with Gasteiger partial charge in [-0.25, -0.2) is 4.79 Å². The fourth-order valence-corrected chi connectivity index (χ4v) is 3.55. The molecule has 0 bridgehead atoms. The van der Waals surface area contributed by atoms with E-state index in [4.69, 9.17) is 4.74 Å². The number of benzene rings is 2. The highest BCUT2D eigenvalue weighted by Crippen LogP contribution is 2.36. The van der Waals surface area contributed by atoms with Crippen LogP contribution in [0.15, 0.2) is 53.3 Å². The number of nitrogens with one attached hydrogen (secondary N) is 2. The highest BCUT2D eigenvalue weighted by atomic mass is 19.4. The molecule has 1 aliphatic rings. The van der Waals surface area contributed by atoms with E-state index in [0.717, 1.165) is 6.07 Å². The van der Waals surface area contributed by atoms with Crippen LogP contribution in [-0.4, -0.2) is 23.6 Å². The van der Waals surface area contributed by atoms with Gasteiger partial charge in [0.25, 0.3) is 5.56 Å². The molecule has 2 heterocycles. The molecule has 2 N–H and O–H groups in total. The first-order valence-electron chi connectivity index (χ1n) is 9.40. The molecule has 4 rings (SSSR count). The largest absolute Gasteiger partial charge is 0.573 e. The van der Waals surface area contributed by atoms with Crippen LogP contribution < -0.4 is 25.7 Å². The lowest BCUT2D eigenvalue weighted by atomic mass is 10.0. The Kier molecular flexibility index (Phi) is 5.22. The number of urea groups is 1. The van der Waals surface area contributed by atoms with Gasteiger partial charge in [0.1, 0.15) is 11.5 Å². The molecule has 1 atom stereocenters. The van der Waals surface area contributed by atoms with Crippen LogP contribution in [0.3, 0.4) is 0 Å². The van der Waals surface area contributed by atoms with Gasteiger partial charge in [0, 0.05) is 36.6 Å². The Labute approximate surface area is 174 Å². The van der Waals surface area contributed by atoms with Gasteiger partial charge in [-0.05, 0) is 30.3 Å². The number of aromatic nitrogens is 1. The summed E-state index contributed by atoms with van der Waals surface area (Å²) in [5, 5.41) is 6.29. The number of nitrogens with zero attached hydrogens (tertiary/aromatic N) is 1. The molecule has 1 aliphatic heterocycles. The van der Waals surface area contributed by atoms with E-state index in [1.54, 1.807) is 31.3 Å². The average molecular weight is 433 g/mol. The summed E-state index contributed by atoms with van der Waals surface area (Å²) in [5.41, 5.74) is 1.57. The smallest absolute Gasteiger partial charge is 0.493 e. The van der Waals surface area contributed by atoms with Gasteiger partial charge in [-0.2, -0.15) is 0 Å². The van der Waals surface area contributed by atoms with Gasteiger partial charge in [0.2, 0.25) is 0 Å². The Morgan fingerprint density at radius 1 is 1.19 bits per heavy atom. The number of anilines is 1. The second kappa shape index (κ2) is 7.86. The summed E-state index contributed by atoms with van der Waals surface area (Å²) < 4.78 is 48.2. The summed E-state index contributed by atoms with van der Waals surface area (Å²) in [7, 11) is 1.64. The van der Waals surface area contributed by atoms with E-state index >= 15 is 0 Å². The fourth-order valence-electron chi connectivity index (χ4n) is 3.55. The maximum atomic E-state index is 12.6. The van der Waals surface area contributed by atoms with Crippen molar-refractivity contribution in [3.05, 3.63) is 64.4 Å². The van der Waals surface area contributed by atoms with Crippen LogP contribution in [0.25, 0.3) is 10.9 Å². The van der Waals surface area contributed by atoms with Crippen molar-refractivity contribution in [2.24, 2.45) is 7.05 Å². The third-order valence-electron chi connectivity index (χ3n) is 4.98. The molecule has 31 heavy (non-hydrogen) atoms. The molecule has 0 fully saturated rings. The van der Waals surface area contributed by atoms with Crippen LogP contribution in [0.4, 0.5) is 23.7 Å². The minimum atomic E-state index is -4.80. The molecular weight excluding hydrogens is 415 g/mol. The van der Waals surface area contributed by atoms with Crippen molar-refractivity contribution in [1.29, 1.82) is 0 Å². The molecule has 0 spiro atoms. The van der Waals surface area contributed by atoms with Crippen molar-refractivity contribution in [3.63, 3.8) is 0 Å². The van der Waals surface area contributed by atoms with Crippen LogP contribution in [0, 0.1) is 0 Å². The van der Waals surface area contributed by atoms with Crippen LogP contribution in [0.5, 0.6) is 11.5 Å². The molecule has 0 saturated carbocycles. The topological polar surface area (TPSA) is 81.6 Å². The highest BCUT2D eigenvalue weighted by Gasteiger charge is 2.32. The number of aryl methyl sites for hydroxylation is 1. The average Bonchev–Trinajstić information content (AvgIpc) is 2.70. The molecule has 2 amide bonds. The molecule has 2 aromatic carbocycles. The van der Waals surface area contributed by atoms with Crippen molar-refractivity contribution in [1.82, 2.24) is 9.88 Å². The molecular formula is C21H18F3N3O4. The molecule has 162 valence electrons. The van der Waals surface area contributed by atoms with Crippen molar-refractivity contribution in [2.75, 3.05) is 11.9 Å². The van der Waals surface area contributed by atoms with Crippen LogP contribution in [-0.2, 0) is 7.05 Å². The molecule has 0 aliphatic carbocycles. The zero-order valence-corrected chi connectivity index (χ0v) is 16.3. The SMILES string of the molecule is Cn1c(=O)ccc2c(NC(=O)N[C@@H]3CCOc4cc(OC(F)(F)F)ccc43)cccc21. The van der Waals surface area contributed by atoms with Gasteiger partial charge in [0.15, 0.2) is 0 Å². The molecule has 10 heteroatoms. The van der Waals surface area contributed by atoms with Crippen molar-refractivity contribution >= 4 is 22.6 Å². The highest BCUT2D eigenvalue weighted by molar-refractivity contribution is 6.00. The standard InChI is InChI=1S/C21H18F3N3O4/c1-27-17-4-2-3-15(13(17)7-8-19(27)28)25-20(29)26-16-9-10-30-18-11-12(5-6-14(16)18)31-21(22,23)24/h2-8,11,16H,9-10H2,1H3,(H2,25,26,29)/t16-/m1/s1. The summed E-state index contributed by atoms with van der Waals surface area (Å²) in [6.45, 7) is 0.226. The van der Waals surface area contributed by atoms with Gasteiger partial charge in [-0.1, -0.05) is 6.07 Å². The lowest BCUT2D eigenvalue weighted by Gasteiger charge is -2.27. The van der Waals surface area contributed by atoms with E-state index in [-0.39, 0.29) is 17.9 Å². The Morgan fingerprint density at radius 2 is 2.00 bits per heavy atom. The summed E-state index contributed by atoms with van der Waals surface area (Å²) in [5.74, 6) is -0.170. The van der Waals surface area contributed by atoms with E-state index in [0.29, 0.717) is 28.6 Å². The summed E-state index contributed by atoms with van der Waals surface area (Å²) in [6.07, 6.45) is -4.35. The maximum Gasteiger partial charge on any atom is 0.573 e. The Morgan fingerprint density at radius 3 is 2.77 bits per heavy atom. The number of alkyl halides is 3.